The van der Waals surface area contributed by atoms with Crippen LogP contribution in [-0.4, -0.2) is 19.0 Å². The van der Waals surface area contributed by atoms with Gasteiger partial charge in [-0.1, -0.05) is 30.7 Å². The van der Waals surface area contributed by atoms with Crippen molar-refractivity contribution in [2.24, 2.45) is 0 Å². The summed E-state index contributed by atoms with van der Waals surface area (Å²) in [6, 6.07) is 0. The van der Waals surface area contributed by atoms with E-state index in [1.54, 1.807) is 5.57 Å². The lowest BCUT2D eigenvalue weighted by Gasteiger charge is -2.15. The standard InChI is InChI=1S/C16H25N/c1-6-9-15(14-10-11-14)16(12-17(4)5)13(7-2)8-3/h6-7,9,12H,8,10-11H2,1-5H3/b9-6-,13-7+,16-12-. The molecule has 0 bridgehead atoms. The smallest absolute Gasteiger partial charge is 0.00674 e. The number of allylic oxidation sites excluding steroid dienone is 7. The second kappa shape index (κ2) is 6.48. The molecule has 0 heterocycles. The number of rotatable bonds is 5. The largest absolute Gasteiger partial charge is 0.383 e. The average molecular weight is 231 g/mol. The topological polar surface area (TPSA) is 3.24 Å². The van der Waals surface area contributed by atoms with Crippen molar-refractivity contribution >= 4 is 0 Å². The number of nitrogens with zero attached hydrogens (tertiary/aromatic N) is 1. The van der Waals surface area contributed by atoms with Gasteiger partial charge in [0, 0.05) is 25.9 Å². The molecule has 0 aromatic carbocycles. The van der Waals surface area contributed by atoms with E-state index in [0.29, 0.717) is 0 Å². The van der Waals surface area contributed by atoms with E-state index in [-0.39, 0.29) is 0 Å². The second-order valence-electron chi connectivity index (χ2n) is 4.69. The Hall–Kier alpha value is -1.24. The molecule has 0 spiro atoms. The molecule has 0 aromatic heterocycles. The van der Waals surface area contributed by atoms with Gasteiger partial charge >= 0.3 is 0 Å². The van der Waals surface area contributed by atoms with Crippen LogP contribution in [0.4, 0.5) is 0 Å². The Morgan fingerprint density at radius 1 is 1.24 bits per heavy atom. The predicted octanol–water partition coefficient (Wildman–Crippen LogP) is 4.45. The molecule has 0 amide bonds. The highest BCUT2D eigenvalue weighted by Crippen LogP contribution is 2.38. The molecule has 0 N–H and O–H groups in total. The molecular formula is C16H25N. The minimum Gasteiger partial charge on any atom is -0.383 e. The van der Waals surface area contributed by atoms with E-state index in [2.05, 4.69) is 64.2 Å². The summed E-state index contributed by atoms with van der Waals surface area (Å²) < 4.78 is 0. The molecule has 1 aliphatic rings. The first kappa shape index (κ1) is 13.8. The molecule has 94 valence electrons. The maximum Gasteiger partial charge on any atom is 0.00674 e. The maximum atomic E-state index is 2.26. The summed E-state index contributed by atoms with van der Waals surface area (Å²) in [4.78, 5) is 2.14. The van der Waals surface area contributed by atoms with Gasteiger partial charge in [-0.05, 0) is 44.3 Å². The lowest BCUT2D eigenvalue weighted by Crippen LogP contribution is -2.05. The van der Waals surface area contributed by atoms with E-state index in [4.69, 9.17) is 0 Å². The van der Waals surface area contributed by atoms with Gasteiger partial charge in [0.2, 0.25) is 0 Å². The normalized spacial score (nSPS) is 16.6. The van der Waals surface area contributed by atoms with Crippen molar-refractivity contribution in [3.05, 3.63) is 46.7 Å². The van der Waals surface area contributed by atoms with Crippen molar-refractivity contribution in [1.29, 1.82) is 0 Å². The third-order valence-corrected chi connectivity index (χ3v) is 2.97. The van der Waals surface area contributed by atoms with Crippen LogP contribution in [0.25, 0.3) is 0 Å². The first-order valence-corrected chi connectivity index (χ1v) is 6.52. The van der Waals surface area contributed by atoms with Gasteiger partial charge in [-0.2, -0.15) is 0 Å². The molecule has 1 rings (SSSR count). The van der Waals surface area contributed by atoms with Crippen molar-refractivity contribution < 1.29 is 0 Å². The second-order valence-corrected chi connectivity index (χ2v) is 4.69. The van der Waals surface area contributed by atoms with Crippen LogP contribution in [0.1, 0.15) is 40.0 Å². The molecule has 0 radical (unpaired) electrons. The van der Waals surface area contributed by atoms with Crippen molar-refractivity contribution in [3.63, 3.8) is 0 Å². The van der Waals surface area contributed by atoms with Gasteiger partial charge < -0.3 is 4.90 Å². The van der Waals surface area contributed by atoms with Gasteiger partial charge in [-0.15, -0.1) is 0 Å². The first-order chi connectivity index (χ1) is 8.13. The average Bonchev–Trinajstić information content (AvgIpc) is 3.09. The van der Waals surface area contributed by atoms with E-state index in [0.717, 1.165) is 6.42 Å². The zero-order valence-corrected chi connectivity index (χ0v) is 11.9. The molecule has 0 saturated heterocycles. The summed E-state index contributed by atoms with van der Waals surface area (Å²) in [6.07, 6.45) is 12.5. The van der Waals surface area contributed by atoms with Crippen molar-refractivity contribution in [3.8, 4) is 0 Å². The maximum absolute atomic E-state index is 2.26. The number of hydrogen-bond donors (Lipinski definition) is 0. The van der Waals surface area contributed by atoms with Crippen LogP contribution in [0.5, 0.6) is 0 Å². The van der Waals surface area contributed by atoms with Crippen molar-refractivity contribution in [1.82, 2.24) is 4.90 Å². The van der Waals surface area contributed by atoms with E-state index in [1.165, 1.54) is 29.6 Å². The Balaban J connectivity index is 3.19. The Morgan fingerprint density at radius 3 is 2.24 bits per heavy atom. The van der Waals surface area contributed by atoms with Crippen LogP contribution in [0.2, 0.25) is 0 Å². The SMILES string of the molecule is C/C=C\C(=C1CC1)C(=C\N(C)C)/C(=C/C)CC. The van der Waals surface area contributed by atoms with Crippen LogP contribution in [0.15, 0.2) is 46.7 Å². The highest BCUT2D eigenvalue weighted by atomic mass is 15.0. The fraction of sp³-hybridized carbons (Fsp3) is 0.500. The molecule has 1 aliphatic carbocycles. The lowest BCUT2D eigenvalue weighted by molar-refractivity contribution is 0.559. The van der Waals surface area contributed by atoms with Crippen LogP contribution in [0, 0.1) is 0 Å². The van der Waals surface area contributed by atoms with E-state index < -0.39 is 0 Å². The summed E-state index contributed by atoms with van der Waals surface area (Å²) in [5.41, 5.74) is 5.87. The van der Waals surface area contributed by atoms with Crippen LogP contribution < -0.4 is 0 Å². The Bertz CT molecular complexity index is 372. The van der Waals surface area contributed by atoms with Gasteiger partial charge in [-0.3, -0.25) is 0 Å². The van der Waals surface area contributed by atoms with Crippen LogP contribution >= 0.6 is 0 Å². The monoisotopic (exact) mass is 231 g/mol. The zero-order chi connectivity index (χ0) is 12.8. The Kier molecular flexibility index (Phi) is 5.27. The quantitative estimate of drug-likeness (QED) is 0.632. The molecule has 1 fully saturated rings. The molecule has 1 saturated carbocycles. The van der Waals surface area contributed by atoms with Gasteiger partial charge in [-0.25, -0.2) is 0 Å². The summed E-state index contributed by atoms with van der Waals surface area (Å²) in [5, 5.41) is 0. The van der Waals surface area contributed by atoms with Crippen LogP contribution in [0.3, 0.4) is 0 Å². The molecular weight excluding hydrogens is 206 g/mol. The fourth-order valence-electron chi connectivity index (χ4n) is 2.03. The Morgan fingerprint density at radius 2 is 1.88 bits per heavy atom. The predicted molar refractivity (Wildman–Crippen MR) is 76.9 cm³/mol. The van der Waals surface area contributed by atoms with Gasteiger partial charge in [0.1, 0.15) is 0 Å². The van der Waals surface area contributed by atoms with Crippen molar-refractivity contribution in [2.45, 2.75) is 40.0 Å². The molecule has 0 unspecified atom stereocenters. The molecule has 1 nitrogen and oxygen atoms in total. The Labute approximate surface area is 106 Å². The third-order valence-electron chi connectivity index (χ3n) is 2.97. The summed E-state index contributed by atoms with van der Waals surface area (Å²) in [7, 11) is 4.18. The molecule has 0 aromatic rings. The molecule has 0 atom stereocenters. The van der Waals surface area contributed by atoms with E-state index in [1.807, 2.05) is 0 Å². The zero-order valence-electron chi connectivity index (χ0n) is 11.9. The van der Waals surface area contributed by atoms with Gasteiger partial charge in [0.05, 0.1) is 0 Å². The number of hydrogen-bond acceptors (Lipinski definition) is 1. The van der Waals surface area contributed by atoms with Crippen LogP contribution in [-0.2, 0) is 0 Å². The van der Waals surface area contributed by atoms with Crippen molar-refractivity contribution in [2.75, 3.05) is 14.1 Å². The minimum absolute atomic E-state index is 1.09. The van der Waals surface area contributed by atoms with E-state index in [9.17, 15) is 0 Å². The third kappa shape index (κ3) is 3.92. The molecule has 1 heteroatoms. The minimum atomic E-state index is 1.09. The van der Waals surface area contributed by atoms with Gasteiger partial charge in [0.15, 0.2) is 0 Å². The summed E-state index contributed by atoms with van der Waals surface area (Å²) in [5.74, 6) is 0. The van der Waals surface area contributed by atoms with Gasteiger partial charge in [0.25, 0.3) is 0 Å². The molecule has 17 heavy (non-hydrogen) atoms. The summed E-state index contributed by atoms with van der Waals surface area (Å²) >= 11 is 0. The highest BCUT2D eigenvalue weighted by Gasteiger charge is 2.19. The lowest BCUT2D eigenvalue weighted by atomic mass is 9.95. The fourth-order valence-corrected chi connectivity index (χ4v) is 2.03. The van der Waals surface area contributed by atoms with E-state index >= 15 is 0 Å². The first-order valence-electron chi connectivity index (χ1n) is 6.52. The molecule has 0 aliphatic heterocycles. The summed E-state index contributed by atoms with van der Waals surface area (Å²) in [6.45, 7) is 6.45. The highest BCUT2D eigenvalue weighted by molar-refractivity contribution is 5.55.